The van der Waals surface area contributed by atoms with Gasteiger partial charge in [-0.3, -0.25) is 9.59 Å². The van der Waals surface area contributed by atoms with Gasteiger partial charge in [0, 0.05) is 43.9 Å². The molecule has 5 rings (SSSR count). The lowest BCUT2D eigenvalue weighted by Gasteiger charge is -2.36. The SMILES string of the molecule is CC[C@H](C)CN(CC(=O)N1CCN(c2ccc(-c3ccc(-c4ccccc4)cc3)nn2)CC1)C(=O)c1ccccc1C. The normalized spacial score (nSPS) is 14.0. The molecule has 42 heavy (non-hydrogen) atoms. The van der Waals surface area contributed by atoms with E-state index in [0.29, 0.717) is 44.2 Å². The van der Waals surface area contributed by atoms with Gasteiger partial charge in [0.1, 0.15) is 6.54 Å². The summed E-state index contributed by atoms with van der Waals surface area (Å²) in [5, 5.41) is 9.00. The third-order valence-electron chi connectivity index (χ3n) is 8.11. The standard InChI is InChI=1S/C35H39N5O2/c1-4-26(2)24-40(35(42)31-13-9-8-10-27(31)3)25-34(41)39-22-20-38(21-23-39)33-19-18-32(36-37-33)30-16-14-29(15-17-30)28-11-6-5-7-12-28/h5-19,26H,4,20-25H2,1-3H3/t26-/m0/s1. The van der Waals surface area contributed by atoms with Crippen LogP contribution in [0.2, 0.25) is 0 Å². The lowest BCUT2D eigenvalue weighted by atomic mass is 10.0. The minimum absolute atomic E-state index is 0.0136. The molecule has 1 atom stereocenters. The average Bonchev–Trinajstić information content (AvgIpc) is 3.05. The van der Waals surface area contributed by atoms with E-state index in [2.05, 4.69) is 65.3 Å². The maximum absolute atomic E-state index is 13.4. The molecular weight excluding hydrogens is 522 g/mol. The van der Waals surface area contributed by atoms with E-state index in [1.54, 1.807) is 4.90 Å². The van der Waals surface area contributed by atoms with Crippen LogP contribution in [0.15, 0.2) is 91.0 Å². The van der Waals surface area contributed by atoms with Gasteiger partial charge < -0.3 is 14.7 Å². The number of carbonyl (C=O) groups is 2. The molecule has 0 unspecified atom stereocenters. The van der Waals surface area contributed by atoms with Gasteiger partial charge in [-0.15, -0.1) is 10.2 Å². The number of aromatic nitrogens is 2. The van der Waals surface area contributed by atoms with Crippen molar-refractivity contribution in [1.29, 1.82) is 0 Å². The Morgan fingerprint density at radius 3 is 2.07 bits per heavy atom. The number of carbonyl (C=O) groups excluding carboxylic acids is 2. The highest BCUT2D eigenvalue weighted by Gasteiger charge is 2.27. The molecule has 2 amide bonds. The van der Waals surface area contributed by atoms with Crippen molar-refractivity contribution in [2.45, 2.75) is 27.2 Å². The van der Waals surface area contributed by atoms with Crippen LogP contribution in [0.5, 0.6) is 0 Å². The lowest BCUT2D eigenvalue weighted by molar-refractivity contribution is -0.132. The van der Waals surface area contributed by atoms with Crippen LogP contribution in [0.3, 0.4) is 0 Å². The number of aryl methyl sites for hydroxylation is 1. The minimum atomic E-state index is -0.0783. The zero-order chi connectivity index (χ0) is 29.5. The van der Waals surface area contributed by atoms with E-state index in [0.717, 1.165) is 29.1 Å². The molecule has 0 spiro atoms. The van der Waals surface area contributed by atoms with E-state index in [-0.39, 0.29) is 18.4 Å². The smallest absolute Gasteiger partial charge is 0.254 e. The second-order valence-electron chi connectivity index (χ2n) is 11.1. The Morgan fingerprint density at radius 2 is 1.43 bits per heavy atom. The van der Waals surface area contributed by atoms with Crippen LogP contribution < -0.4 is 4.90 Å². The first kappa shape index (κ1) is 29.0. The first-order chi connectivity index (χ1) is 20.4. The van der Waals surface area contributed by atoms with Crippen LogP contribution >= 0.6 is 0 Å². The van der Waals surface area contributed by atoms with E-state index in [4.69, 9.17) is 0 Å². The number of hydrogen-bond acceptors (Lipinski definition) is 5. The molecule has 0 radical (unpaired) electrons. The fourth-order valence-electron chi connectivity index (χ4n) is 5.27. The molecule has 1 saturated heterocycles. The number of piperazine rings is 1. The predicted octanol–water partition coefficient (Wildman–Crippen LogP) is 5.96. The molecule has 0 bridgehead atoms. The largest absolute Gasteiger partial charge is 0.352 e. The highest BCUT2D eigenvalue weighted by molar-refractivity contribution is 5.97. The zero-order valence-electron chi connectivity index (χ0n) is 24.7. The molecule has 0 saturated carbocycles. The Labute approximate surface area is 248 Å². The maximum Gasteiger partial charge on any atom is 0.254 e. The average molecular weight is 562 g/mol. The van der Waals surface area contributed by atoms with E-state index >= 15 is 0 Å². The second-order valence-corrected chi connectivity index (χ2v) is 11.1. The molecule has 3 aromatic carbocycles. The van der Waals surface area contributed by atoms with Crippen molar-refractivity contribution in [1.82, 2.24) is 20.0 Å². The zero-order valence-corrected chi connectivity index (χ0v) is 24.7. The van der Waals surface area contributed by atoms with Crippen molar-refractivity contribution in [3.05, 3.63) is 102 Å². The minimum Gasteiger partial charge on any atom is -0.352 e. The highest BCUT2D eigenvalue weighted by atomic mass is 16.2. The Kier molecular flexibility index (Phi) is 9.27. The fourth-order valence-corrected chi connectivity index (χ4v) is 5.27. The van der Waals surface area contributed by atoms with Crippen molar-refractivity contribution in [2.24, 2.45) is 5.92 Å². The Hall–Kier alpha value is -4.52. The molecule has 1 aliphatic heterocycles. The van der Waals surface area contributed by atoms with Gasteiger partial charge in [0.15, 0.2) is 5.82 Å². The van der Waals surface area contributed by atoms with Gasteiger partial charge >= 0.3 is 0 Å². The molecule has 1 aliphatic rings. The summed E-state index contributed by atoms with van der Waals surface area (Å²) in [7, 11) is 0. The summed E-state index contributed by atoms with van der Waals surface area (Å²) in [5.41, 5.74) is 5.78. The Balaban J connectivity index is 1.18. The fraction of sp³-hybridized carbons (Fsp3) is 0.314. The number of amides is 2. The molecule has 1 aromatic heterocycles. The molecule has 216 valence electrons. The quantitative estimate of drug-likeness (QED) is 0.252. The maximum atomic E-state index is 13.4. The molecule has 4 aromatic rings. The summed E-state index contributed by atoms with van der Waals surface area (Å²) in [6, 6.07) is 30.3. The Morgan fingerprint density at radius 1 is 0.786 bits per heavy atom. The summed E-state index contributed by atoms with van der Waals surface area (Å²) >= 11 is 0. The first-order valence-electron chi connectivity index (χ1n) is 14.8. The summed E-state index contributed by atoms with van der Waals surface area (Å²) < 4.78 is 0. The van der Waals surface area contributed by atoms with Crippen molar-refractivity contribution < 1.29 is 9.59 Å². The van der Waals surface area contributed by atoms with Crippen molar-refractivity contribution in [2.75, 3.05) is 44.2 Å². The van der Waals surface area contributed by atoms with Crippen LogP contribution in [0.1, 0.15) is 36.2 Å². The highest BCUT2D eigenvalue weighted by Crippen LogP contribution is 2.24. The third-order valence-corrected chi connectivity index (χ3v) is 8.11. The van der Waals surface area contributed by atoms with Gasteiger partial charge in [-0.2, -0.15) is 0 Å². The summed E-state index contributed by atoms with van der Waals surface area (Å²) in [6.45, 7) is 9.32. The van der Waals surface area contributed by atoms with Crippen LogP contribution in [0, 0.1) is 12.8 Å². The van der Waals surface area contributed by atoms with Crippen LogP contribution in [-0.2, 0) is 4.79 Å². The van der Waals surface area contributed by atoms with Crippen LogP contribution in [0.25, 0.3) is 22.4 Å². The van der Waals surface area contributed by atoms with E-state index in [1.807, 2.05) is 66.4 Å². The summed E-state index contributed by atoms with van der Waals surface area (Å²) in [4.78, 5) is 32.5. The topological polar surface area (TPSA) is 69.6 Å². The number of hydrogen-bond donors (Lipinski definition) is 0. The third kappa shape index (κ3) is 6.85. The van der Waals surface area contributed by atoms with Gasteiger partial charge in [0.05, 0.1) is 5.69 Å². The second kappa shape index (κ2) is 13.4. The monoisotopic (exact) mass is 561 g/mol. The molecule has 0 N–H and O–H groups in total. The molecule has 7 heteroatoms. The lowest BCUT2D eigenvalue weighted by Crippen LogP contribution is -2.52. The van der Waals surface area contributed by atoms with Crippen molar-refractivity contribution in [3.63, 3.8) is 0 Å². The van der Waals surface area contributed by atoms with Crippen molar-refractivity contribution in [3.8, 4) is 22.4 Å². The predicted molar refractivity (Wildman–Crippen MR) is 168 cm³/mol. The first-order valence-corrected chi connectivity index (χ1v) is 14.8. The van der Waals surface area contributed by atoms with Crippen LogP contribution in [-0.4, -0.2) is 71.1 Å². The molecule has 7 nitrogen and oxygen atoms in total. The van der Waals surface area contributed by atoms with Gasteiger partial charge in [0.25, 0.3) is 5.91 Å². The van der Waals surface area contributed by atoms with E-state index < -0.39 is 0 Å². The number of nitrogens with zero attached hydrogens (tertiary/aromatic N) is 5. The van der Waals surface area contributed by atoms with Gasteiger partial charge in [-0.1, -0.05) is 93.1 Å². The Bertz CT molecular complexity index is 1480. The molecule has 0 aliphatic carbocycles. The summed E-state index contributed by atoms with van der Waals surface area (Å²) in [5.74, 6) is 1.02. The molecular formula is C35H39N5O2. The molecule has 2 heterocycles. The number of benzene rings is 3. The van der Waals surface area contributed by atoms with Crippen LogP contribution in [0.4, 0.5) is 5.82 Å². The van der Waals surface area contributed by atoms with E-state index in [1.165, 1.54) is 11.1 Å². The number of anilines is 1. The number of rotatable bonds is 9. The van der Waals surface area contributed by atoms with E-state index in [9.17, 15) is 9.59 Å². The van der Waals surface area contributed by atoms with Gasteiger partial charge in [0.2, 0.25) is 5.91 Å². The summed E-state index contributed by atoms with van der Waals surface area (Å²) in [6.07, 6.45) is 0.948. The van der Waals surface area contributed by atoms with Gasteiger partial charge in [-0.05, 0) is 47.7 Å². The molecule has 1 fully saturated rings. The van der Waals surface area contributed by atoms with Gasteiger partial charge in [-0.25, -0.2) is 0 Å². The van der Waals surface area contributed by atoms with Crippen molar-refractivity contribution >= 4 is 17.6 Å².